The molecular weight excluding hydrogens is 488 g/mol. The predicted molar refractivity (Wildman–Crippen MR) is 130 cm³/mol. The molecule has 0 saturated heterocycles. The lowest BCUT2D eigenvalue weighted by atomic mass is 9.95. The maximum Gasteiger partial charge on any atom is 0.215 e. The van der Waals surface area contributed by atoms with Crippen molar-refractivity contribution in [3.63, 3.8) is 0 Å². The van der Waals surface area contributed by atoms with Gasteiger partial charge < -0.3 is 19.3 Å². The number of aryl methyl sites for hydroxylation is 1. The fourth-order valence-corrected chi connectivity index (χ4v) is 4.99. The second kappa shape index (κ2) is 9.73. The summed E-state index contributed by atoms with van der Waals surface area (Å²) < 4.78 is 45.1. The molecule has 2 unspecified atom stereocenters. The summed E-state index contributed by atoms with van der Waals surface area (Å²) in [6, 6.07) is 4.53. The molecule has 0 fully saturated rings. The molecule has 36 heavy (non-hydrogen) atoms. The van der Waals surface area contributed by atoms with Crippen LogP contribution in [0.15, 0.2) is 30.6 Å². The van der Waals surface area contributed by atoms with Crippen molar-refractivity contribution < 1.29 is 27.7 Å². The van der Waals surface area contributed by atoms with Crippen molar-refractivity contribution in [1.29, 1.82) is 0 Å². The van der Waals surface area contributed by atoms with E-state index in [4.69, 9.17) is 19.3 Å². The van der Waals surface area contributed by atoms with Crippen LogP contribution < -0.4 is 14.6 Å². The van der Waals surface area contributed by atoms with E-state index in [1.807, 2.05) is 6.92 Å². The topological polar surface area (TPSA) is 165 Å². The standard InChI is InChI=1S/C23H30N6O6S/c1-13(2)35-23(15(4)36(24,31)32,21-25-9-14(3)10-26-21)22-28-27-20-18-8-17(33-5)6-7-19(18)34-12-16(11-30)29(20)22/h6-10,13,15-16,30H,11-12H2,1-5H3,(H2,24,31,32)/t15?,16-,23?/m1/s1. The molecule has 194 valence electrons. The summed E-state index contributed by atoms with van der Waals surface area (Å²) in [6.45, 7) is 6.45. The molecule has 13 heteroatoms. The highest BCUT2D eigenvalue weighted by Crippen LogP contribution is 2.43. The Kier molecular flexibility index (Phi) is 7.01. The van der Waals surface area contributed by atoms with Crippen molar-refractivity contribution in [1.82, 2.24) is 24.7 Å². The van der Waals surface area contributed by atoms with Gasteiger partial charge in [0.2, 0.25) is 15.6 Å². The number of hydrogen-bond acceptors (Lipinski definition) is 10. The Bertz CT molecular complexity index is 1340. The molecule has 0 radical (unpaired) electrons. The highest BCUT2D eigenvalue weighted by Gasteiger charge is 2.54. The number of nitrogens with two attached hydrogens (primary N) is 1. The fourth-order valence-electron chi connectivity index (χ4n) is 4.26. The predicted octanol–water partition coefficient (Wildman–Crippen LogP) is 1.32. The minimum atomic E-state index is -4.22. The van der Waals surface area contributed by atoms with Gasteiger partial charge in [0, 0.05) is 12.4 Å². The van der Waals surface area contributed by atoms with E-state index in [0.29, 0.717) is 22.9 Å². The Hall–Kier alpha value is -3.13. The van der Waals surface area contributed by atoms with Crippen LogP contribution in [0.3, 0.4) is 0 Å². The quantitative estimate of drug-likeness (QED) is 0.444. The smallest absolute Gasteiger partial charge is 0.215 e. The molecule has 2 aromatic heterocycles. The Morgan fingerprint density at radius 1 is 1.25 bits per heavy atom. The van der Waals surface area contributed by atoms with Crippen LogP contribution in [-0.4, -0.2) is 69.9 Å². The van der Waals surface area contributed by atoms with E-state index in [0.717, 1.165) is 5.56 Å². The molecule has 4 rings (SSSR count). The third kappa shape index (κ3) is 4.43. The van der Waals surface area contributed by atoms with E-state index in [9.17, 15) is 13.5 Å². The van der Waals surface area contributed by atoms with Crippen molar-refractivity contribution in [2.45, 2.75) is 50.7 Å². The van der Waals surface area contributed by atoms with Gasteiger partial charge in [-0.3, -0.25) is 4.57 Å². The van der Waals surface area contributed by atoms with Crippen molar-refractivity contribution in [2.24, 2.45) is 5.14 Å². The molecule has 1 aromatic carbocycles. The largest absolute Gasteiger partial charge is 0.497 e. The highest BCUT2D eigenvalue weighted by molar-refractivity contribution is 7.89. The monoisotopic (exact) mass is 518 g/mol. The summed E-state index contributed by atoms with van der Waals surface area (Å²) in [5.74, 6) is 1.52. The van der Waals surface area contributed by atoms with Crippen LogP contribution >= 0.6 is 0 Å². The molecule has 3 N–H and O–H groups in total. The minimum absolute atomic E-state index is 0.0474. The minimum Gasteiger partial charge on any atom is -0.497 e. The lowest BCUT2D eigenvalue weighted by molar-refractivity contribution is -0.0714. The summed E-state index contributed by atoms with van der Waals surface area (Å²) in [5, 5.41) is 23.5. The molecule has 0 saturated carbocycles. The molecule has 1 aliphatic rings. The van der Waals surface area contributed by atoms with E-state index < -0.39 is 33.0 Å². The first kappa shape index (κ1) is 25.9. The molecule has 0 aliphatic carbocycles. The Morgan fingerprint density at radius 3 is 2.53 bits per heavy atom. The maximum atomic E-state index is 12.9. The van der Waals surface area contributed by atoms with Gasteiger partial charge >= 0.3 is 0 Å². The van der Waals surface area contributed by atoms with Gasteiger partial charge in [-0.25, -0.2) is 23.5 Å². The third-order valence-corrected chi connectivity index (χ3v) is 7.38. The van der Waals surface area contributed by atoms with Gasteiger partial charge in [0.1, 0.15) is 23.4 Å². The molecule has 3 atom stereocenters. The summed E-state index contributed by atoms with van der Waals surface area (Å²) in [6.07, 6.45) is 2.63. The van der Waals surface area contributed by atoms with E-state index in [1.54, 1.807) is 49.0 Å². The Morgan fingerprint density at radius 2 is 1.94 bits per heavy atom. The van der Waals surface area contributed by atoms with E-state index in [2.05, 4.69) is 20.2 Å². The summed E-state index contributed by atoms with van der Waals surface area (Å²) >= 11 is 0. The van der Waals surface area contributed by atoms with Gasteiger partial charge in [0.15, 0.2) is 17.5 Å². The zero-order valence-corrected chi connectivity index (χ0v) is 21.6. The van der Waals surface area contributed by atoms with Crippen LogP contribution in [0.5, 0.6) is 11.5 Å². The summed E-state index contributed by atoms with van der Waals surface area (Å²) in [5.41, 5.74) is -0.545. The lowest BCUT2D eigenvalue weighted by Crippen LogP contribution is -2.52. The molecular formula is C23H30N6O6S. The number of fused-ring (bicyclic) bond motifs is 3. The molecule has 0 bridgehead atoms. The van der Waals surface area contributed by atoms with Gasteiger partial charge in [-0.1, -0.05) is 0 Å². The van der Waals surface area contributed by atoms with Crippen molar-refractivity contribution >= 4 is 10.0 Å². The van der Waals surface area contributed by atoms with Gasteiger partial charge in [0.05, 0.1) is 31.4 Å². The number of hydrogen-bond donors (Lipinski definition) is 2. The zero-order chi connectivity index (χ0) is 26.3. The van der Waals surface area contributed by atoms with E-state index in [1.165, 1.54) is 14.0 Å². The fraction of sp³-hybridized carbons (Fsp3) is 0.478. The number of nitrogens with zero attached hydrogens (tertiary/aromatic N) is 5. The zero-order valence-electron chi connectivity index (χ0n) is 20.7. The van der Waals surface area contributed by atoms with Gasteiger partial charge in [-0.05, 0) is 51.5 Å². The summed E-state index contributed by atoms with van der Waals surface area (Å²) in [4.78, 5) is 8.88. The normalized spacial score (nSPS) is 17.9. The number of ether oxygens (including phenoxy) is 3. The van der Waals surface area contributed by atoms with Crippen molar-refractivity contribution in [3.8, 4) is 22.9 Å². The van der Waals surface area contributed by atoms with Gasteiger partial charge in [-0.2, -0.15) is 0 Å². The number of aromatic nitrogens is 5. The SMILES string of the molecule is COc1ccc2c(c1)-c1nnc(C(OC(C)C)(c3ncc(C)cn3)C(C)S(N)(=O)=O)n1[C@H](CO)CO2. The van der Waals surface area contributed by atoms with Crippen LogP contribution in [0.1, 0.15) is 44.0 Å². The second-order valence-electron chi connectivity index (χ2n) is 8.94. The highest BCUT2D eigenvalue weighted by atomic mass is 32.2. The first-order chi connectivity index (χ1) is 17.0. The number of methoxy groups -OCH3 is 1. The second-order valence-corrected chi connectivity index (χ2v) is 10.8. The molecule has 3 heterocycles. The van der Waals surface area contributed by atoms with Crippen LogP contribution in [0, 0.1) is 6.92 Å². The third-order valence-electron chi connectivity index (χ3n) is 6.06. The molecule has 0 spiro atoms. The molecule has 3 aromatic rings. The number of primary sulfonamides is 1. The number of benzene rings is 1. The number of rotatable bonds is 8. The number of aliphatic hydroxyl groups excluding tert-OH is 1. The van der Waals surface area contributed by atoms with Crippen LogP contribution in [-0.2, 0) is 20.4 Å². The van der Waals surface area contributed by atoms with Crippen molar-refractivity contribution in [2.75, 3.05) is 20.3 Å². The van der Waals surface area contributed by atoms with Gasteiger partial charge in [0.25, 0.3) is 0 Å². The molecule has 1 aliphatic heterocycles. The number of aliphatic hydroxyl groups is 1. The molecule has 0 amide bonds. The first-order valence-corrected chi connectivity index (χ1v) is 13.0. The Balaban J connectivity index is 2.10. The van der Waals surface area contributed by atoms with E-state index >= 15 is 0 Å². The summed E-state index contributed by atoms with van der Waals surface area (Å²) in [7, 11) is -2.68. The van der Waals surface area contributed by atoms with Crippen LogP contribution in [0.2, 0.25) is 0 Å². The van der Waals surface area contributed by atoms with Crippen molar-refractivity contribution in [3.05, 3.63) is 47.8 Å². The lowest BCUT2D eigenvalue weighted by Gasteiger charge is -2.37. The van der Waals surface area contributed by atoms with Gasteiger partial charge in [-0.15, -0.1) is 10.2 Å². The number of sulfonamides is 1. The van der Waals surface area contributed by atoms with E-state index in [-0.39, 0.29) is 24.9 Å². The average Bonchev–Trinajstić information content (AvgIpc) is 3.21. The maximum absolute atomic E-state index is 12.9. The Labute approximate surface area is 209 Å². The van der Waals surface area contributed by atoms with Crippen LogP contribution in [0.25, 0.3) is 11.4 Å². The molecule has 12 nitrogen and oxygen atoms in total. The van der Waals surface area contributed by atoms with Crippen LogP contribution in [0.4, 0.5) is 0 Å². The average molecular weight is 519 g/mol. The first-order valence-electron chi connectivity index (χ1n) is 11.4.